The quantitative estimate of drug-likeness (QED) is 0.0334. The van der Waals surface area contributed by atoms with Crippen molar-refractivity contribution in [3.05, 3.63) is 0 Å². The molecule has 0 fully saturated rings. The van der Waals surface area contributed by atoms with Crippen LogP contribution in [0.4, 0.5) is 0 Å². The Balaban J connectivity index is -0.00000136. The molecule has 0 aromatic carbocycles. The van der Waals surface area contributed by atoms with Crippen molar-refractivity contribution >= 4 is 61.6 Å². The van der Waals surface area contributed by atoms with E-state index in [0.717, 1.165) is 141 Å². The Morgan fingerprint density at radius 3 is 0.600 bits per heavy atom. The number of esters is 2. The summed E-state index contributed by atoms with van der Waals surface area (Å²) in [7, 11) is 0. The topological polar surface area (TPSA) is 133 Å². The summed E-state index contributed by atoms with van der Waals surface area (Å²) in [5, 5.41) is 21.0. The second-order valence-electron chi connectivity index (χ2n) is 22.7. The van der Waals surface area contributed by atoms with Gasteiger partial charge < -0.3 is 29.3 Å². The molecule has 8 nitrogen and oxygen atoms in total. The summed E-state index contributed by atoms with van der Waals surface area (Å²) in [5.74, 6) is -1.87. The number of hydrogen-bond acceptors (Lipinski definition) is 8. The molecule has 2 atom stereocenters. The molecule has 0 rings (SSSR count). The van der Waals surface area contributed by atoms with Crippen LogP contribution in [0.3, 0.4) is 0 Å². The molecule has 0 saturated heterocycles. The number of carboxylic acid groups (broad SMARTS) is 2. The van der Waals surface area contributed by atoms with E-state index in [1.54, 1.807) is 0 Å². The number of carbonyl (C=O) groups is 4. The van der Waals surface area contributed by atoms with Crippen LogP contribution in [0.5, 0.6) is 0 Å². The molecular formula is C66H126CaO8. The second-order valence-corrected chi connectivity index (χ2v) is 22.7. The summed E-state index contributed by atoms with van der Waals surface area (Å²) in [4.78, 5) is 46.0. The third-order valence-electron chi connectivity index (χ3n) is 15.1. The Morgan fingerprint density at radius 2 is 0.413 bits per heavy atom. The monoisotopic (exact) mass is 1090 g/mol. The average Bonchev–Trinajstić information content (AvgIpc) is 3.38. The van der Waals surface area contributed by atoms with Crippen molar-refractivity contribution in [1.29, 1.82) is 0 Å². The zero-order valence-electron chi connectivity index (χ0n) is 50.7. The number of carbonyl (C=O) groups excluding carboxylic acids is 4. The summed E-state index contributed by atoms with van der Waals surface area (Å²) in [6.07, 6.45) is 64.4. The van der Waals surface area contributed by atoms with Crippen LogP contribution >= 0.6 is 0 Å². The van der Waals surface area contributed by atoms with Crippen molar-refractivity contribution in [3.8, 4) is 0 Å². The van der Waals surface area contributed by atoms with Crippen LogP contribution in [-0.2, 0) is 28.7 Å². The first kappa shape index (κ1) is 78.4. The summed E-state index contributed by atoms with van der Waals surface area (Å²) in [5.41, 5.74) is 0. The van der Waals surface area contributed by atoms with Gasteiger partial charge in [0.15, 0.2) is 0 Å². The Bertz CT molecular complexity index is 1080. The van der Waals surface area contributed by atoms with E-state index >= 15 is 0 Å². The zero-order valence-corrected chi connectivity index (χ0v) is 52.9. The minimum atomic E-state index is -0.942. The van der Waals surface area contributed by atoms with Gasteiger partial charge in [-0.15, -0.1) is 0 Å². The molecule has 0 aromatic heterocycles. The van der Waals surface area contributed by atoms with Crippen LogP contribution in [0.15, 0.2) is 0 Å². The number of unbranched alkanes of at least 4 members (excludes halogenated alkanes) is 42. The Labute approximate surface area is 496 Å². The SMILES string of the molecule is CCCCCCCCCCCCCCC(=O)OC(CCCCCCCC)CCCCCCCCC(=O)[O-].CCCCCCCCCCCCCCC(=O)OC(CCCCCCCC)CCCCCCCCC(=O)[O-].[Ca+2]. The van der Waals surface area contributed by atoms with Gasteiger partial charge in [-0.1, -0.05) is 285 Å². The Kier molecular flexibility index (Phi) is 70.4. The Hall–Kier alpha value is -0.860. The van der Waals surface area contributed by atoms with Gasteiger partial charge in [0.1, 0.15) is 12.2 Å². The molecule has 0 spiro atoms. The number of aliphatic carboxylic acids is 2. The third kappa shape index (κ3) is 69.2. The van der Waals surface area contributed by atoms with Gasteiger partial charge >= 0.3 is 49.7 Å². The molecule has 0 N–H and O–H groups in total. The number of hydrogen-bond donors (Lipinski definition) is 0. The molecule has 0 bridgehead atoms. The van der Waals surface area contributed by atoms with E-state index in [9.17, 15) is 29.4 Å². The van der Waals surface area contributed by atoms with Crippen LogP contribution in [0.25, 0.3) is 0 Å². The fraction of sp³-hybridized carbons (Fsp3) is 0.939. The maximum absolute atomic E-state index is 12.5. The van der Waals surface area contributed by atoms with Crippen LogP contribution in [0, 0.1) is 0 Å². The molecule has 0 heterocycles. The minimum Gasteiger partial charge on any atom is -0.550 e. The predicted octanol–water partition coefficient (Wildman–Crippen LogP) is 18.8. The molecule has 0 aliphatic carbocycles. The summed E-state index contributed by atoms with van der Waals surface area (Å²) >= 11 is 0. The van der Waals surface area contributed by atoms with Gasteiger partial charge in [-0.25, -0.2) is 0 Å². The maximum atomic E-state index is 12.5. The molecule has 440 valence electrons. The van der Waals surface area contributed by atoms with Gasteiger partial charge in [0.05, 0.1) is 0 Å². The van der Waals surface area contributed by atoms with Crippen molar-refractivity contribution in [2.24, 2.45) is 0 Å². The smallest absolute Gasteiger partial charge is 0.550 e. The van der Waals surface area contributed by atoms with Gasteiger partial charge in [-0.05, 0) is 89.9 Å². The van der Waals surface area contributed by atoms with E-state index in [2.05, 4.69) is 27.7 Å². The van der Waals surface area contributed by atoms with Gasteiger partial charge in [-0.3, -0.25) is 9.59 Å². The molecule has 0 aromatic rings. The fourth-order valence-electron chi connectivity index (χ4n) is 10.2. The molecular weight excluding hydrogens is 961 g/mol. The van der Waals surface area contributed by atoms with E-state index in [1.165, 1.54) is 193 Å². The summed E-state index contributed by atoms with van der Waals surface area (Å²) in [6.45, 7) is 9.03. The van der Waals surface area contributed by atoms with E-state index in [0.29, 0.717) is 12.8 Å². The Morgan fingerprint density at radius 1 is 0.253 bits per heavy atom. The molecule has 0 aliphatic heterocycles. The van der Waals surface area contributed by atoms with E-state index < -0.39 is 11.9 Å². The van der Waals surface area contributed by atoms with Gasteiger partial charge in [0.25, 0.3) is 0 Å². The van der Waals surface area contributed by atoms with E-state index in [-0.39, 0.29) is 74.7 Å². The molecule has 0 aliphatic rings. The first-order valence-electron chi connectivity index (χ1n) is 33.0. The standard InChI is InChI=1S/2C33H64O4.Ca/c2*1-3-5-7-9-11-12-13-14-15-16-22-26-30-33(36)37-31(27-23-19-10-8-6-4-2)28-24-20-17-18-21-25-29-32(34)35;/h2*31H,3-30H2,1-2H3,(H,34,35);/q;;+2/p-2. The number of carboxylic acids is 2. The van der Waals surface area contributed by atoms with Crippen molar-refractivity contribution in [1.82, 2.24) is 0 Å². The van der Waals surface area contributed by atoms with Crippen LogP contribution < -0.4 is 10.2 Å². The first-order valence-corrected chi connectivity index (χ1v) is 33.0. The fourth-order valence-corrected chi connectivity index (χ4v) is 10.2. The molecule has 2 unspecified atom stereocenters. The normalized spacial score (nSPS) is 11.9. The number of rotatable bonds is 60. The van der Waals surface area contributed by atoms with Crippen molar-refractivity contribution < 1.29 is 38.9 Å². The van der Waals surface area contributed by atoms with Crippen LogP contribution in [0.2, 0.25) is 0 Å². The van der Waals surface area contributed by atoms with Crippen LogP contribution in [-0.4, -0.2) is 73.8 Å². The van der Waals surface area contributed by atoms with Gasteiger partial charge in [-0.2, -0.15) is 0 Å². The first-order chi connectivity index (χ1) is 36.2. The largest absolute Gasteiger partial charge is 2.00 e. The number of ether oxygens (including phenoxy) is 2. The van der Waals surface area contributed by atoms with Crippen molar-refractivity contribution in [2.45, 2.75) is 399 Å². The third-order valence-corrected chi connectivity index (χ3v) is 15.1. The maximum Gasteiger partial charge on any atom is 2.00 e. The van der Waals surface area contributed by atoms with Gasteiger partial charge in [0.2, 0.25) is 0 Å². The van der Waals surface area contributed by atoms with E-state index in [4.69, 9.17) is 9.47 Å². The summed E-state index contributed by atoms with van der Waals surface area (Å²) < 4.78 is 11.9. The van der Waals surface area contributed by atoms with Crippen molar-refractivity contribution in [2.75, 3.05) is 0 Å². The molecule has 0 saturated carbocycles. The molecule has 75 heavy (non-hydrogen) atoms. The van der Waals surface area contributed by atoms with Gasteiger partial charge in [0, 0.05) is 24.8 Å². The molecule has 9 heteroatoms. The predicted molar refractivity (Wildman–Crippen MR) is 317 cm³/mol. The zero-order chi connectivity index (χ0) is 54.5. The summed E-state index contributed by atoms with van der Waals surface area (Å²) in [6, 6.07) is 0. The van der Waals surface area contributed by atoms with Crippen LogP contribution in [0.1, 0.15) is 387 Å². The minimum absolute atomic E-state index is 0. The van der Waals surface area contributed by atoms with E-state index in [1.807, 2.05) is 0 Å². The average molecular weight is 1090 g/mol. The molecule has 0 radical (unpaired) electrons. The second kappa shape index (κ2) is 67.4. The molecule has 0 amide bonds. The van der Waals surface area contributed by atoms with Crippen molar-refractivity contribution in [3.63, 3.8) is 0 Å².